The number of hydrogen-bond acceptors (Lipinski definition) is 9. The lowest BCUT2D eigenvalue weighted by molar-refractivity contribution is 0.0943. The molecule has 1 aromatic carbocycles. The van der Waals surface area contributed by atoms with Gasteiger partial charge in [0, 0.05) is 36.4 Å². The van der Waals surface area contributed by atoms with Crippen molar-refractivity contribution in [3.05, 3.63) is 48.4 Å². The van der Waals surface area contributed by atoms with Crippen LogP contribution >= 0.6 is 0 Å². The maximum absolute atomic E-state index is 11.7. The Hall–Kier alpha value is -3.11. The zero-order valence-corrected chi connectivity index (χ0v) is 19.7. The molecule has 3 aromatic rings. The monoisotopic (exact) mass is 468 g/mol. The summed E-state index contributed by atoms with van der Waals surface area (Å²) in [6.07, 6.45) is 7.82. The zero-order valence-electron chi connectivity index (χ0n) is 18.9. The van der Waals surface area contributed by atoms with Crippen LogP contribution in [0.25, 0.3) is 11.3 Å². The smallest absolute Gasteiger partial charge is 0.227 e. The van der Waals surface area contributed by atoms with Gasteiger partial charge in [0.1, 0.15) is 0 Å². The Morgan fingerprint density at radius 3 is 2.42 bits per heavy atom. The first-order chi connectivity index (χ1) is 15.6. The molecule has 0 spiro atoms. The number of benzene rings is 1. The molecular formula is C23H28N6O3S. The largest absolute Gasteiger partial charge is 0.389 e. The number of anilines is 3. The number of aromatic nitrogens is 4. The van der Waals surface area contributed by atoms with Crippen molar-refractivity contribution < 1.29 is 13.5 Å². The highest BCUT2D eigenvalue weighted by Gasteiger charge is 2.25. The lowest BCUT2D eigenvalue weighted by Crippen LogP contribution is -2.30. The summed E-state index contributed by atoms with van der Waals surface area (Å²) in [6, 6.07) is 8.26. The normalized spacial score (nSPS) is 14.2. The Bertz CT molecular complexity index is 1240. The van der Waals surface area contributed by atoms with Gasteiger partial charge in [0.25, 0.3) is 0 Å². The van der Waals surface area contributed by atoms with Crippen molar-refractivity contribution in [3.63, 3.8) is 0 Å². The van der Waals surface area contributed by atoms with Gasteiger partial charge in [-0.1, -0.05) is 0 Å². The van der Waals surface area contributed by atoms with Crippen LogP contribution in [0.5, 0.6) is 0 Å². The van der Waals surface area contributed by atoms with Gasteiger partial charge >= 0.3 is 0 Å². The van der Waals surface area contributed by atoms with Gasteiger partial charge in [-0.3, -0.25) is 0 Å². The Morgan fingerprint density at radius 1 is 1.06 bits per heavy atom. The highest BCUT2D eigenvalue weighted by molar-refractivity contribution is 7.90. The predicted molar refractivity (Wildman–Crippen MR) is 127 cm³/mol. The topological polar surface area (TPSA) is 130 Å². The van der Waals surface area contributed by atoms with Crippen LogP contribution < -0.4 is 10.6 Å². The third-order valence-corrected chi connectivity index (χ3v) is 6.32. The van der Waals surface area contributed by atoms with Crippen LogP contribution in [0.15, 0.2) is 47.6 Å². The molecule has 0 radical (unpaired) electrons. The zero-order chi connectivity index (χ0) is 23.6. The van der Waals surface area contributed by atoms with E-state index >= 15 is 0 Å². The fraction of sp³-hybridized carbons (Fsp3) is 0.391. The fourth-order valence-corrected chi connectivity index (χ4v) is 3.88. The molecule has 0 saturated heterocycles. The number of nitrogens with zero attached hydrogens (tertiary/aromatic N) is 4. The minimum atomic E-state index is -3.25. The van der Waals surface area contributed by atoms with E-state index in [-0.39, 0.29) is 4.90 Å². The van der Waals surface area contributed by atoms with E-state index < -0.39 is 15.4 Å². The molecule has 2 heterocycles. The molecule has 1 fully saturated rings. The van der Waals surface area contributed by atoms with Gasteiger partial charge < -0.3 is 15.7 Å². The number of hydrogen-bond donors (Lipinski definition) is 3. The Labute approximate surface area is 193 Å². The summed E-state index contributed by atoms with van der Waals surface area (Å²) in [5, 5.41) is 16.2. The highest BCUT2D eigenvalue weighted by Crippen LogP contribution is 2.35. The van der Waals surface area contributed by atoms with Crippen LogP contribution in [0.1, 0.15) is 32.4 Å². The van der Waals surface area contributed by atoms with E-state index in [0.717, 1.165) is 17.7 Å². The summed E-state index contributed by atoms with van der Waals surface area (Å²) in [7, 11) is -3.25. The van der Waals surface area contributed by atoms with Crippen LogP contribution in [0.3, 0.4) is 0 Å². The third-order valence-electron chi connectivity index (χ3n) is 5.20. The van der Waals surface area contributed by atoms with Crippen LogP contribution in [-0.4, -0.2) is 51.9 Å². The van der Waals surface area contributed by atoms with Gasteiger partial charge in [-0.05, 0) is 69.4 Å². The van der Waals surface area contributed by atoms with E-state index in [2.05, 4.69) is 25.6 Å². The predicted octanol–water partition coefficient (Wildman–Crippen LogP) is 3.22. The van der Waals surface area contributed by atoms with Crippen LogP contribution in [0, 0.1) is 5.92 Å². The molecule has 0 aliphatic heterocycles. The molecule has 1 saturated carbocycles. The molecular weight excluding hydrogens is 440 g/mol. The molecule has 0 unspecified atom stereocenters. The maximum Gasteiger partial charge on any atom is 0.227 e. The van der Waals surface area contributed by atoms with Gasteiger partial charge in [0.2, 0.25) is 11.9 Å². The quantitative estimate of drug-likeness (QED) is 0.433. The number of rotatable bonds is 9. The maximum atomic E-state index is 11.7. The van der Waals surface area contributed by atoms with Crippen LogP contribution in [0.4, 0.5) is 17.6 Å². The minimum absolute atomic E-state index is 0.253. The van der Waals surface area contributed by atoms with E-state index in [1.54, 1.807) is 50.5 Å². The third kappa shape index (κ3) is 6.45. The Kier molecular flexibility index (Phi) is 6.31. The summed E-state index contributed by atoms with van der Waals surface area (Å²) in [5.41, 5.74) is 2.26. The molecule has 0 bridgehead atoms. The van der Waals surface area contributed by atoms with E-state index in [1.807, 2.05) is 6.07 Å². The van der Waals surface area contributed by atoms with Crippen molar-refractivity contribution in [2.24, 2.45) is 5.92 Å². The van der Waals surface area contributed by atoms with Crippen LogP contribution in [-0.2, 0) is 16.3 Å². The fourth-order valence-electron chi connectivity index (χ4n) is 3.25. The standard InChI is InChI=1S/C23H28N6O3S/c1-23(2,30)14-26-21-25-13-18(20(29-21)12-15-4-5-15)19-10-11-24-22(28-19)27-16-6-8-17(9-7-16)33(3,31)32/h6-11,13,15,30H,4-5,12,14H2,1-3H3,(H,24,27,28)(H,25,26,29). The summed E-state index contributed by atoms with van der Waals surface area (Å²) >= 11 is 0. The second-order valence-corrected chi connectivity index (χ2v) is 11.1. The molecule has 1 aliphatic rings. The molecule has 3 N–H and O–H groups in total. The van der Waals surface area contributed by atoms with Gasteiger partial charge in [-0.2, -0.15) is 0 Å². The van der Waals surface area contributed by atoms with Crippen molar-refractivity contribution in [1.29, 1.82) is 0 Å². The molecule has 4 rings (SSSR count). The molecule has 33 heavy (non-hydrogen) atoms. The van der Waals surface area contributed by atoms with Gasteiger partial charge in [-0.15, -0.1) is 0 Å². The van der Waals surface area contributed by atoms with Crippen molar-refractivity contribution in [2.45, 2.75) is 43.6 Å². The van der Waals surface area contributed by atoms with Crippen molar-refractivity contribution >= 4 is 27.4 Å². The van der Waals surface area contributed by atoms with Crippen molar-refractivity contribution in [2.75, 3.05) is 23.4 Å². The van der Waals surface area contributed by atoms with Crippen molar-refractivity contribution in [3.8, 4) is 11.3 Å². The Morgan fingerprint density at radius 2 is 1.79 bits per heavy atom. The van der Waals surface area contributed by atoms with E-state index in [9.17, 15) is 13.5 Å². The summed E-state index contributed by atoms with van der Waals surface area (Å²) < 4.78 is 23.3. The second-order valence-electron chi connectivity index (χ2n) is 9.05. The lowest BCUT2D eigenvalue weighted by atomic mass is 10.1. The average Bonchev–Trinajstić information content (AvgIpc) is 3.56. The van der Waals surface area contributed by atoms with Gasteiger partial charge in [-0.25, -0.2) is 28.4 Å². The number of nitrogens with one attached hydrogen (secondary N) is 2. The minimum Gasteiger partial charge on any atom is -0.389 e. The molecule has 0 atom stereocenters. The van der Waals surface area contributed by atoms with Gasteiger partial charge in [0.05, 0.1) is 21.9 Å². The summed E-state index contributed by atoms with van der Waals surface area (Å²) in [4.78, 5) is 18.3. The molecule has 174 valence electrons. The first-order valence-corrected chi connectivity index (χ1v) is 12.7. The SMILES string of the molecule is CC(C)(O)CNc1ncc(-c2ccnc(Nc3ccc(S(C)(=O)=O)cc3)n2)c(CC2CC2)n1. The van der Waals surface area contributed by atoms with E-state index in [1.165, 1.54) is 19.1 Å². The van der Waals surface area contributed by atoms with Gasteiger partial charge in [0.15, 0.2) is 9.84 Å². The molecule has 1 aliphatic carbocycles. The summed E-state index contributed by atoms with van der Waals surface area (Å²) in [6.45, 7) is 3.79. The molecule has 9 nitrogen and oxygen atoms in total. The van der Waals surface area contributed by atoms with E-state index in [4.69, 9.17) is 4.98 Å². The summed E-state index contributed by atoms with van der Waals surface area (Å²) in [5.74, 6) is 1.49. The lowest BCUT2D eigenvalue weighted by Gasteiger charge is -2.18. The van der Waals surface area contributed by atoms with Crippen molar-refractivity contribution in [1.82, 2.24) is 19.9 Å². The first-order valence-electron chi connectivity index (χ1n) is 10.8. The molecule has 2 aromatic heterocycles. The van der Waals surface area contributed by atoms with Crippen LogP contribution in [0.2, 0.25) is 0 Å². The van der Waals surface area contributed by atoms with E-state index in [0.29, 0.717) is 35.7 Å². The molecule has 10 heteroatoms. The highest BCUT2D eigenvalue weighted by atomic mass is 32.2. The Balaban J connectivity index is 1.57. The first kappa shape index (κ1) is 23.1. The number of aliphatic hydroxyl groups is 1. The number of sulfone groups is 1. The average molecular weight is 469 g/mol. The molecule has 0 amide bonds. The second kappa shape index (κ2) is 9.03.